The molecule has 1 aliphatic rings. The Balaban J connectivity index is 0.00000280. The van der Waals surface area contributed by atoms with E-state index in [0.29, 0.717) is 17.1 Å². The van der Waals surface area contributed by atoms with Crippen molar-refractivity contribution >= 4 is 45.9 Å². The zero-order valence-electron chi connectivity index (χ0n) is 15.9. The maximum Gasteiger partial charge on any atom is 0.191 e. The van der Waals surface area contributed by atoms with Gasteiger partial charge in [-0.1, -0.05) is 12.1 Å². The highest BCUT2D eigenvalue weighted by molar-refractivity contribution is 14.0. The lowest BCUT2D eigenvalue weighted by atomic mass is 10.0. The van der Waals surface area contributed by atoms with Crippen molar-refractivity contribution < 1.29 is 4.39 Å². The van der Waals surface area contributed by atoms with E-state index < -0.39 is 0 Å². The number of pyridine rings is 1. The van der Waals surface area contributed by atoms with Crippen LogP contribution in [-0.4, -0.2) is 42.0 Å². The van der Waals surface area contributed by atoms with Gasteiger partial charge in [-0.05, 0) is 58.6 Å². The molecule has 2 heterocycles. The highest BCUT2D eigenvalue weighted by Gasteiger charge is 2.20. The molecular weight excluding hydrogens is 536 g/mol. The van der Waals surface area contributed by atoms with E-state index in [2.05, 4.69) is 47.5 Å². The molecule has 0 aliphatic carbocycles. The van der Waals surface area contributed by atoms with E-state index in [1.54, 1.807) is 13.1 Å². The zero-order chi connectivity index (χ0) is 19.1. The molecule has 0 bridgehead atoms. The Bertz CT molecular complexity index is 766. The molecule has 0 atom stereocenters. The summed E-state index contributed by atoms with van der Waals surface area (Å²) >= 11 is 3.18. The van der Waals surface area contributed by atoms with Crippen LogP contribution in [0.25, 0.3) is 0 Å². The SMILES string of the molecule is CN=C(NCc1ccc(Br)c(F)c1)NC1CCN(Cc2ccccn2)CC1.I. The minimum atomic E-state index is -0.252. The van der Waals surface area contributed by atoms with Gasteiger partial charge in [-0.3, -0.25) is 14.9 Å². The monoisotopic (exact) mass is 561 g/mol. The summed E-state index contributed by atoms with van der Waals surface area (Å²) in [5.41, 5.74) is 1.99. The molecule has 0 saturated carbocycles. The fraction of sp³-hybridized carbons (Fsp3) is 0.400. The number of likely N-dealkylation sites (tertiary alicyclic amines) is 1. The third-order valence-electron chi connectivity index (χ3n) is 4.71. The Morgan fingerprint density at radius 2 is 2.07 bits per heavy atom. The lowest BCUT2D eigenvalue weighted by Gasteiger charge is -2.32. The number of nitrogens with zero attached hydrogens (tertiary/aromatic N) is 3. The fourth-order valence-electron chi connectivity index (χ4n) is 3.18. The van der Waals surface area contributed by atoms with Crippen LogP contribution in [0, 0.1) is 5.82 Å². The van der Waals surface area contributed by atoms with Gasteiger partial charge in [0.05, 0.1) is 10.2 Å². The molecule has 1 fully saturated rings. The van der Waals surface area contributed by atoms with Crippen LogP contribution in [0.4, 0.5) is 4.39 Å². The lowest BCUT2D eigenvalue weighted by molar-refractivity contribution is 0.196. The number of rotatable bonds is 5. The number of hydrogen-bond donors (Lipinski definition) is 2. The summed E-state index contributed by atoms with van der Waals surface area (Å²) in [4.78, 5) is 11.1. The van der Waals surface area contributed by atoms with Gasteiger partial charge in [-0.2, -0.15) is 0 Å². The smallest absolute Gasteiger partial charge is 0.191 e. The largest absolute Gasteiger partial charge is 0.354 e. The van der Waals surface area contributed by atoms with Gasteiger partial charge in [0.25, 0.3) is 0 Å². The minimum Gasteiger partial charge on any atom is -0.354 e. The highest BCUT2D eigenvalue weighted by Crippen LogP contribution is 2.16. The molecule has 152 valence electrons. The van der Waals surface area contributed by atoms with Gasteiger partial charge in [-0.25, -0.2) is 4.39 Å². The molecule has 0 radical (unpaired) electrons. The molecule has 2 aromatic rings. The van der Waals surface area contributed by atoms with Crippen LogP contribution >= 0.6 is 39.9 Å². The van der Waals surface area contributed by atoms with Crippen molar-refractivity contribution in [3.63, 3.8) is 0 Å². The molecule has 0 spiro atoms. The molecule has 0 unspecified atom stereocenters. The van der Waals surface area contributed by atoms with Crippen molar-refractivity contribution in [3.05, 3.63) is 64.1 Å². The van der Waals surface area contributed by atoms with Gasteiger partial charge in [-0.15, -0.1) is 24.0 Å². The van der Waals surface area contributed by atoms with Gasteiger partial charge in [0.1, 0.15) is 5.82 Å². The maximum atomic E-state index is 13.6. The van der Waals surface area contributed by atoms with Crippen LogP contribution in [0.3, 0.4) is 0 Å². The number of piperidine rings is 1. The van der Waals surface area contributed by atoms with Crippen molar-refractivity contribution in [2.75, 3.05) is 20.1 Å². The molecular formula is C20H26BrFIN5. The van der Waals surface area contributed by atoms with Gasteiger partial charge >= 0.3 is 0 Å². The highest BCUT2D eigenvalue weighted by atomic mass is 127. The average Bonchev–Trinajstić information content (AvgIpc) is 2.70. The van der Waals surface area contributed by atoms with Crippen LogP contribution in [0.1, 0.15) is 24.1 Å². The second-order valence-corrected chi connectivity index (χ2v) is 7.54. The number of aromatic nitrogens is 1. The topological polar surface area (TPSA) is 52.6 Å². The van der Waals surface area contributed by atoms with E-state index in [4.69, 9.17) is 0 Å². The summed E-state index contributed by atoms with van der Waals surface area (Å²) in [5, 5.41) is 6.74. The second kappa shape index (κ2) is 11.7. The minimum absolute atomic E-state index is 0. The molecule has 1 aromatic carbocycles. The number of benzene rings is 1. The van der Waals surface area contributed by atoms with E-state index in [-0.39, 0.29) is 29.8 Å². The molecule has 3 rings (SSSR count). The summed E-state index contributed by atoms with van der Waals surface area (Å²) in [6, 6.07) is 11.6. The van der Waals surface area contributed by atoms with Crippen LogP contribution in [0.2, 0.25) is 0 Å². The zero-order valence-corrected chi connectivity index (χ0v) is 19.8. The third kappa shape index (κ3) is 6.97. The number of hydrogen-bond acceptors (Lipinski definition) is 3. The molecule has 1 aliphatic heterocycles. The van der Waals surface area contributed by atoms with E-state index in [0.717, 1.165) is 49.7 Å². The first-order valence-electron chi connectivity index (χ1n) is 9.17. The Labute approximate surface area is 191 Å². The van der Waals surface area contributed by atoms with Crippen LogP contribution in [0.5, 0.6) is 0 Å². The molecule has 28 heavy (non-hydrogen) atoms. The van der Waals surface area contributed by atoms with Crippen LogP contribution in [-0.2, 0) is 13.1 Å². The Kier molecular flexibility index (Phi) is 9.60. The van der Waals surface area contributed by atoms with Crippen molar-refractivity contribution in [2.45, 2.75) is 32.0 Å². The van der Waals surface area contributed by atoms with E-state index in [1.807, 2.05) is 24.4 Å². The predicted molar refractivity (Wildman–Crippen MR) is 125 cm³/mol. The third-order valence-corrected chi connectivity index (χ3v) is 5.35. The van der Waals surface area contributed by atoms with E-state index >= 15 is 0 Å². The maximum absolute atomic E-state index is 13.6. The molecule has 1 aromatic heterocycles. The summed E-state index contributed by atoms with van der Waals surface area (Å²) in [6.45, 7) is 3.49. The predicted octanol–water partition coefficient (Wildman–Crippen LogP) is 3.93. The summed E-state index contributed by atoms with van der Waals surface area (Å²) < 4.78 is 14.1. The van der Waals surface area contributed by atoms with Crippen molar-refractivity contribution in [3.8, 4) is 0 Å². The van der Waals surface area contributed by atoms with Gasteiger partial charge in [0.15, 0.2) is 5.96 Å². The Morgan fingerprint density at radius 3 is 2.71 bits per heavy atom. The van der Waals surface area contributed by atoms with E-state index in [9.17, 15) is 4.39 Å². The number of nitrogens with one attached hydrogen (secondary N) is 2. The standard InChI is InChI=1S/C20H25BrFN5.HI/c1-23-20(25-13-15-5-6-18(21)19(22)12-15)26-16-7-10-27(11-8-16)14-17-4-2-3-9-24-17;/h2-6,9,12,16H,7-8,10-11,13-14H2,1H3,(H2,23,25,26);1H. The summed E-state index contributed by atoms with van der Waals surface area (Å²) in [7, 11) is 1.76. The summed E-state index contributed by atoms with van der Waals surface area (Å²) in [6.07, 6.45) is 3.96. The van der Waals surface area contributed by atoms with Gasteiger partial charge in [0.2, 0.25) is 0 Å². The van der Waals surface area contributed by atoms with Crippen LogP contribution in [0.15, 0.2) is 52.1 Å². The number of guanidine groups is 1. The number of aliphatic imine (C=N–C) groups is 1. The Hall–Kier alpha value is -1.26. The quantitative estimate of drug-likeness (QED) is 0.330. The van der Waals surface area contributed by atoms with Gasteiger partial charge in [0, 0.05) is 45.5 Å². The molecule has 0 amide bonds. The van der Waals surface area contributed by atoms with Gasteiger partial charge < -0.3 is 10.6 Å². The average molecular weight is 562 g/mol. The molecule has 1 saturated heterocycles. The molecule has 2 N–H and O–H groups in total. The normalized spacial score (nSPS) is 15.8. The summed E-state index contributed by atoms with van der Waals surface area (Å²) in [5.74, 6) is 0.499. The fourth-order valence-corrected chi connectivity index (χ4v) is 3.43. The van der Waals surface area contributed by atoms with Crippen molar-refractivity contribution in [1.29, 1.82) is 0 Å². The van der Waals surface area contributed by atoms with E-state index in [1.165, 1.54) is 6.07 Å². The first-order valence-corrected chi connectivity index (χ1v) is 9.96. The second-order valence-electron chi connectivity index (χ2n) is 6.69. The molecule has 8 heteroatoms. The van der Waals surface area contributed by atoms with Crippen molar-refractivity contribution in [1.82, 2.24) is 20.5 Å². The molecule has 5 nitrogen and oxygen atoms in total. The van der Waals surface area contributed by atoms with Crippen LogP contribution < -0.4 is 10.6 Å². The Morgan fingerprint density at radius 1 is 1.29 bits per heavy atom. The van der Waals surface area contributed by atoms with Crippen molar-refractivity contribution in [2.24, 2.45) is 4.99 Å². The first-order chi connectivity index (χ1) is 13.1. The first kappa shape index (κ1) is 23.0. The number of halogens is 3. The lowest BCUT2D eigenvalue weighted by Crippen LogP contribution is -2.48.